The lowest BCUT2D eigenvalue weighted by Crippen LogP contribution is -2.15. The van der Waals surface area contributed by atoms with Crippen LogP contribution in [-0.4, -0.2) is 23.3 Å². The normalized spacial score (nSPS) is 13.1. The number of phenolic OH excluding ortho intramolecular Hbond substituents is 1. The second-order valence-electron chi connectivity index (χ2n) is 4.94. The minimum atomic E-state index is 0.257. The molecule has 2 aromatic carbocycles. The molecule has 0 bridgehead atoms. The summed E-state index contributed by atoms with van der Waals surface area (Å²) in [4.78, 5) is 4.67. The van der Waals surface area contributed by atoms with Gasteiger partial charge in [0.05, 0.1) is 5.69 Å². The van der Waals surface area contributed by atoms with E-state index in [2.05, 4.69) is 4.98 Å². The van der Waals surface area contributed by atoms with Crippen LogP contribution in [0.2, 0.25) is 0 Å². The van der Waals surface area contributed by atoms with E-state index in [1.54, 1.807) is 23.5 Å². The predicted octanol–water partition coefficient (Wildman–Crippen LogP) is 3.95. The summed E-state index contributed by atoms with van der Waals surface area (Å²) in [6.45, 7) is 1.17. The molecule has 0 saturated heterocycles. The van der Waals surface area contributed by atoms with Crippen LogP contribution in [0.4, 0.5) is 0 Å². The molecule has 2 heterocycles. The van der Waals surface area contributed by atoms with Gasteiger partial charge in [-0.25, -0.2) is 4.98 Å². The molecule has 22 heavy (non-hydrogen) atoms. The summed E-state index contributed by atoms with van der Waals surface area (Å²) < 4.78 is 11.1. The van der Waals surface area contributed by atoms with Gasteiger partial charge in [-0.15, -0.1) is 11.3 Å². The Kier molecular flexibility index (Phi) is 3.20. The molecule has 4 rings (SSSR count). The number of aromatic nitrogens is 1. The Morgan fingerprint density at radius 3 is 2.45 bits per heavy atom. The van der Waals surface area contributed by atoms with Crippen molar-refractivity contribution in [2.45, 2.75) is 0 Å². The highest BCUT2D eigenvalue weighted by molar-refractivity contribution is 7.13. The number of fused-ring (bicyclic) bond motifs is 1. The summed E-state index contributed by atoms with van der Waals surface area (Å²) in [6, 6.07) is 12.9. The molecular weight excluding hydrogens is 298 g/mol. The topological polar surface area (TPSA) is 51.6 Å². The molecule has 110 valence electrons. The standard InChI is InChI=1S/C17H13NO3S/c19-13-4-1-11(2-5-13)17-18-14(10-22-17)12-3-6-15-16(9-12)21-8-7-20-15/h1-6,9-10,19H,7-8H2. The Hall–Kier alpha value is -2.53. The van der Waals surface area contributed by atoms with Crippen molar-refractivity contribution in [1.29, 1.82) is 0 Å². The fourth-order valence-electron chi connectivity index (χ4n) is 2.35. The largest absolute Gasteiger partial charge is 0.508 e. The van der Waals surface area contributed by atoms with E-state index in [9.17, 15) is 5.11 Å². The van der Waals surface area contributed by atoms with Gasteiger partial charge in [-0.05, 0) is 42.5 Å². The maximum atomic E-state index is 9.36. The molecule has 5 heteroatoms. The molecule has 1 aromatic heterocycles. The van der Waals surface area contributed by atoms with Gasteiger partial charge in [-0.1, -0.05) is 0 Å². The van der Waals surface area contributed by atoms with E-state index >= 15 is 0 Å². The second-order valence-corrected chi connectivity index (χ2v) is 5.80. The van der Waals surface area contributed by atoms with Gasteiger partial charge in [-0.3, -0.25) is 0 Å². The quantitative estimate of drug-likeness (QED) is 0.778. The minimum absolute atomic E-state index is 0.257. The molecule has 1 aliphatic rings. The van der Waals surface area contributed by atoms with E-state index in [4.69, 9.17) is 9.47 Å². The summed E-state index contributed by atoms with van der Waals surface area (Å²) in [5.74, 6) is 1.80. The van der Waals surface area contributed by atoms with Gasteiger partial charge in [0.2, 0.25) is 0 Å². The minimum Gasteiger partial charge on any atom is -0.508 e. The number of thiazole rings is 1. The third kappa shape index (κ3) is 2.40. The molecule has 0 unspecified atom stereocenters. The molecule has 1 aliphatic heterocycles. The predicted molar refractivity (Wildman–Crippen MR) is 85.6 cm³/mol. The van der Waals surface area contributed by atoms with Crippen LogP contribution >= 0.6 is 11.3 Å². The molecule has 0 saturated carbocycles. The van der Waals surface area contributed by atoms with E-state index in [1.807, 2.05) is 35.7 Å². The fraction of sp³-hybridized carbons (Fsp3) is 0.118. The van der Waals surface area contributed by atoms with Crippen LogP contribution in [0.3, 0.4) is 0 Å². The first-order valence-corrected chi connectivity index (χ1v) is 7.82. The molecule has 0 radical (unpaired) electrons. The first kappa shape index (κ1) is 13.2. The zero-order valence-electron chi connectivity index (χ0n) is 11.7. The molecular formula is C17H13NO3S. The van der Waals surface area contributed by atoms with E-state index in [1.165, 1.54) is 0 Å². The number of nitrogens with zero attached hydrogens (tertiary/aromatic N) is 1. The number of rotatable bonds is 2. The number of hydrogen-bond donors (Lipinski definition) is 1. The van der Waals surface area contributed by atoms with Gasteiger partial charge >= 0.3 is 0 Å². The average Bonchev–Trinajstić information content (AvgIpc) is 3.05. The number of aromatic hydroxyl groups is 1. The highest BCUT2D eigenvalue weighted by Gasteiger charge is 2.14. The molecule has 0 atom stereocenters. The summed E-state index contributed by atoms with van der Waals surface area (Å²) in [5, 5.41) is 12.3. The smallest absolute Gasteiger partial charge is 0.162 e. The molecule has 1 N–H and O–H groups in total. The lowest BCUT2D eigenvalue weighted by molar-refractivity contribution is 0.171. The highest BCUT2D eigenvalue weighted by atomic mass is 32.1. The van der Waals surface area contributed by atoms with E-state index in [0.29, 0.717) is 13.2 Å². The zero-order valence-corrected chi connectivity index (χ0v) is 12.5. The van der Waals surface area contributed by atoms with Crippen molar-refractivity contribution in [3.8, 4) is 39.1 Å². The van der Waals surface area contributed by atoms with E-state index in [-0.39, 0.29) is 5.75 Å². The SMILES string of the molecule is Oc1ccc(-c2nc(-c3ccc4c(c3)OCCO4)cs2)cc1. The lowest BCUT2D eigenvalue weighted by atomic mass is 10.1. The number of hydrogen-bond acceptors (Lipinski definition) is 5. The molecule has 0 spiro atoms. The van der Waals surface area contributed by atoms with Crippen molar-refractivity contribution < 1.29 is 14.6 Å². The Morgan fingerprint density at radius 1 is 0.909 bits per heavy atom. The highest BCUT2D eigenvalue weighted by Crippen LogP contribution is 2.36. The molecule has 3 aromatic rings. The number of phenols is 1. The van der Waals surface area contributed by atoms with Gasteiger partial charge in [0.1, 0.15) is 24.0 Å². The van der Waals surface area contributed by atoms with E-state index < -0.39 is 0 Å². The maximum absolute atomic E-state index is 9.36. The fourth-order valence-corrected chi connectivity index (χ4v) is 3.18. The number of ether oxygens (including phenoxy) is 2. The van der Waals surface area contributed by atoms with Crippen LogP contribution in [0.5, 0.6) is 17.2 Å². The summed E-state index contributed by atoms with van der Waals surface area (Å²) in [5.41, 5.74) is 2.90. The monoisotopic (exact) mass is 311 g/mol. The third-order valence-electron chi connectivity index (χ3n) is 3.46. The van der Waals surface area contributed by atoms with Crippen molar-refractivity contribution in [3.63, 3.8) is 0 Å². The molecule has 4 nitrogen and oxygen atoms in total. The summed E-state index contributed by atoms with van der Waals surface area (Å²) in [6.07, 6.45) is 0. The Morgan fingerprint density at radius 2 is 1.64 bits per heavy atom. The van der Waals surface area contributed by atoms with Crippen molar-refractivity contribution in [2.24, 2.45) is 0 Å². The van der Waals surface area contributed by atoms with Crippen LogP contribution in [0, 0.1) is 0 Å². The van der Waals surface area contributed by atoms with Gasteiger partial charge in [0.25, 0.3) is 0 Å². The first-order valence-electron chi connectivity index (χ1n) is 6.94. The Labute approximate surface area is 131 Å². The van der Waals surface area contributed by atoms with Crippen LogP contribution < -0.4 is 9.47 Å². The van der Waals surface area contributed by atoms with Crippen molar-refractivity contribution in [3.05, 3.63) is 47.8 Å². The summed E-state index contributed by atoms with van der Waals surface area (Å²) >= 11 is 1.58. The van der Waals surface area contributed by atoms with Gasteiger partial charge in [0, 0.05) is 16.5 Å². The molecule has 0 amide bonds. The average molecular weight is 311 g/mol. The van der Waals surface area contributed by atoms with Crippen LogP contribution in [0.15, 0.2) is 47.8 Å². The van der Waals surface area contributed by atoms with Crippen LogP contribution in [-0.2, 0) is 0 Å². The second kappa shape index (κ2) is 5.35. The molecule has 0 fully saturated rings. The van der Waals surface area contributed by atoms with Crippen LogP contribution in [0.25, 0.3) is 21.8 Å². The van der Waals surface area contributed by atoms with Crippen molar-refractivity contribution >= 4 is 11.3 Å². The van der Waals surface area contributed by atoms with Crippen molar-refractivity contribution in [2.75, 3.05) is 13.2 Å². The van der Waals surface area contributed by atoms with Gasteiger partial charge in [-0.2, -0.15) is 0 Å². The van der Waals surface area contributed by atoms with Crippen molar-refractivity contribution in [1.82, 2.24) is 4.98 Å². The molecule has 0 aliphatic carbocycles. The third-order valence-corrected chi connectivity index (χ3v) is 4.35. The number of benzene rings is 2. The zero-order chi connectivity index (χ0) is 14.9. The van der Waals surface area contributed by atoms with Gasteiger partial charge in [0.15, 0.2) is 11.5 Å². The van der Waals surface area contributed by atoms with Crippen LogP contribution in [0.1, 0.15) is 0 Å². The Balaban J connectivity index is 1.68. The van der Waals surface area contributed by atoms with Gasteiger partial charge < -0.3 is 14.6 Å². The maximum Gasteiger partial charge on any atom is 0.162 e. The Bertz CT molecular complexity index is 811. The summed E-state index contributed by atoms with van der Waals surface area (Å²) in [7, 11) is 0. The first-order chi connectivity index (χ1) is 10.8. The van der Waals surface area contributed by atoms with E-state index in [0.717, 1.165) is 33.3 Å². The lowest BCUT2D eigenvalue weighted by Gasteiger charge is -2.18.